The average Bonchev–Trinajstić information content (AvgIpc) is 2.86. The Bertz CT molecular complexity index is 403. The molecule has 2 heteroatoms. The zero-order valence-electron chi connectivity index (χ0n) is 10.7. The molecule has 2 unspecified atom stereocenters. The van der Waals surface area contributed by atoms with Crippen LogP contribution in [0.1, 0.15) is 30.0 Å². The molecule has 2 aliphatic rings. The SMILES string of the molecule is CC1CN(Cc2ccc3c(c2)CCC3)CC1N. The van der Waals surface area contributed by atoms with Gasteiger partial charge in [0.2, 0.25) is 0 Å². The molecular formula is C15H22N2. The fraction of sp³-hybridized carbons (Fsp3) is 0.600. The molecule has 0 amide bonds. The van der Waals surface area contributed by atoms with Crippen molar-refractivity contribution in [3.63, 3.8) is 0 Å². The Kier molecular flexibility index (Phi) is 2.93. The molecule has 0 aromatic heterocycles. The van der Waals surface area contributed by atoms with Crippen molar-refractivity contribution in [2.24, 2.45) is 11.7 Å². The minimum atomic E-state index is 0.365. The van der Waals surface area contributed by atoms with E-state index in [0.29, 0.717) is 12.0 Å². The molecule has 1 aliphatic carbocycles. The van der Waals surface area contributed by atoms with Gasteiger partial charge in [-0.05, 0) is 41.9 Å². The van der Waals surface area contributed by atoms with Gasteiger partial charge in [-0.3, -0.25) is 4.90 Å². The number of hydrogen-bond donors (Lipinski definition) is 1. The molecule has 0 spiro atoms. The highest BCUT2D eigenvalue weighted by Gasteiger charge is 2.26. The zero-order valence-corrected chi connectivity index (χ0v) is 10.7. The molecule has 2 atom stereocenters. The molecule has 92 valence electrons. The number of aryl methyl sites for hydroxylation is 2. The molecule has 0 radical (unpaired) electrons. The van der Waals surface area contributed by atoms with Gasteiger partial charge < -0.3 is 5.73 Å². The van der Waals surface area contributed by atoms with E-state index in [1.165, 1.54) is 24.8 Å². The van der Waals surface area contributed by atoms with Crippen LogP contribution in [0.5, 0.6) is 0 Å². The summed E-state index contributed by atoms with van der Waals surface area (Å²) in [5.74, 6) is 0.643. The summed E-state index contributed by atoms with van der Waals surface area (Å²) in [5.41, 5.74) is 10.7. The second-order valence-corrected chi connectivity index (χ2v) is 5.79. The zero-order chi connectivity index (χ0) is 11.8. The lowest BCUT2D eigenvalue weighted by Gasteiger charge is -2.16. The van der Waals surface area contributed by atoms with Crippen LogP contribution < -0.4 is 5.73 Å². The van der Waals surface area contributed by atoms with Crippen LogP contribution in [0.15, 0.2) is 18.2 Å². The summed E-state index contributed by atoms with van der Waals surface area (Å²) in [6.07, 6.45) is 3.89. The number of rotatable bonds is 2. The van der Waals surface area contributed by atoms with Crippen molar-refractivity contribution in [2.45, 2.75) is 38.8 Å². The van der Waals surface area contributed by atoms with E-state index in [1.807, 2.05) is 0 Å². The predicted molar refractivity (Wildman–Crippen MR) is 70.9 cm³/mol. The molecule has 2 nitrogen and oxygen atoms in total. The van der Waals surface area contributed by atoms with E-state index < -0.39 is 0 Å². The van der Waals surface area contributed by atoms with Crippen LogP contribution in [-0.4, -0.2) is 24.0 Å². The normalized spacial score (nSPS) is 28.6. The van der Waals surface area contributed by atoms with E-state index in [4.69, 9.17) is 5.73 Å². The first kappa shape index (κ1) is 11.2. The van der Waals surface area contributed by atoms with E-state index in [2.05, 4.69) is 30.0 Å². The third kappa shape index (κ3) is 2.24. The predicted octanol–water partition coefficient (Wildman–Crippen LogP) is 1.95. The molecule has 1 aromatic carbocycles. The number of benzene rings is 1. The number of nitrogens with two attached hydrogens (primary N) is 1. The first-order chi connectivity index (χ1) is 8.22. The van der Waals surface area contributed by atoms with Gasteiger partial charge >= 0.3 is 0 Å². The number of nitrogens with zero attached hydrogens (tertiary/aromatic N) is 1. The molecule has 1 fully saturated rings. The summed E-state index contributed by atoms with van der Waals surface area (Å²) in [7, 11) is 0. The van der Waals surface area contributed by atoms with Gasteiger partial charge in [0.15, 0.2) is 0 Å². The highest BCUT2D eigenvalue weighted by molar-refractivity contribution is 5.35. The fourth-order valence-corrected chi connectivity index (χ4v) is 3.21. The Labute approximate surface area is 104 Å². The molecule has 2 N–H and O–H groups in total. The van der Waals surface area contributed by atoms with Gasteiger partial charge in [0.1, 0.15) is 0 Å². The van der Waals surface area contributed by atoms with Gasteiger partial charge in [-0.25, -0.2) is 0 Å². The summed E-state index contributed by atoms with van der Waals surface area (Å²) in [6.45, 7) is 5.54. The van der Waals surface area contributed by atoms with Crippen LogP contribution in [0.2, 0.25) is 0 Å². The second-order valence-electron chi connectivity index (χ2n) is 5.79. The van der Waals surface area contributed by atoms with Gasteiger partial charge in [-0.1, -0.05) is 25.1 Å². The Balaban J connectivity index is 1.69. The molecule has 17 heavy (non-hydrogen) atoms. The summed E-state index contributed by atoms with van der Waals surface area (Å²) in [4.78, 5) is 2.49. The lowest BCUT2D eigenvalue weighted by molar-refractivity contribution is 0.319. The van der Waals surface area contributed by atoms with E-state index >= 15 is 0 Å². The maximum atomic E-state index is 6.07. The Morgan fingerprint density at radius 3 is 2.82 bits per heavy atom. The van der Waals surface area contributed by atoms with Crippen LogP contribution in [0, 0.1) is 5.92 Å². The number of likely N-dealkylation sites (tertiary alicyclic amines) is 1. The van der Waals surface area contributed by atoms with Crippen LogP contribution >= 0.6 is 0 Å². The van der Waals surface area contributed by atoms with Gasteiger partial charge in [0.25, 0.3) is 0 Å². The Morgan fingerprint density at radius 1 is 1.24 bits per heavy atom. The van der Waals surface area contributed by atoms with Crippen molar-refractivity contribution in [3.8, 4) is 0 Å². The molecule has 1 heterocycles. The minimum Gasteiger partial charge on any atom is -0.326 e. The molecular weight excluding hydrogens is 208 g/mol. The standard InChI is InChI=1S/C15H22N2/c1-11-8-17(10-15(11)16)9-12-5-6-13-3-2-4-14(13)7-12/h5-7,11,15H,2-4,8-10,16H2,1H3. The van der Waals surface area contributed by atoms with E-state index in [0.717, 1.165) is 19.6 Å². The molecule has 1 saturated heterocycles. The van der Waals surface area contributed by atoms with E-state index in [1.54, 1.807) is 11.1 Å². The quantitative estimate of drug-likeness (QED) is 0.841. The van der Waals surface area contributed by atoms with Crippen LogP contribution in [0.25, 0.3) is 0 Å². The van der Waals surface area contributed by atoms with Crippen molar-refractivity contribution in [1.29, 1.82) is 0 Å². The lowest BCUT2D eigenvalue weighted by atomic mass is 10.1. The van der Waals surface area contributed by atoms with E-state index in [9.17, 15) is 0 Å². The van der Waals surface area contributed by atoms with Crippen molar-refractivity contribution in [2.75, 3.05) is 13.1 Å². The maximum absolute atomic E-state index is 6.07. The summed E-state index contributed by atoms with van der Waals surface area (Å²) < 4.78 is 0. The molecule has 1 aromatic rings. The highest BCUT2D eigenvalue weighted by Crippen LogP contribution is 2.24. The van der Waals surface area contributed by atoms with Crippen molar-refractivity contribution >= 4 is 0 Å². The molecule has 1 aliphatic heterocycles. The maximum Gasteiger partial charge on any atom is 0.0234 e. The first-order valence-corrected chi connectivity index (χ1v) is 6.81. The molecule has 0 bridgehead atoms. The number of fused-ring (bicyclic) bond motifs is 1. The minimum absolute atomic E-state index is 0.365. The van der Waals surface area contributed by atoms with Crippen LogP contribution in [0.4, 0.5) is 0 Å². The monoisotopic (exact) mass is 230 g/mol. The fourth-order valence-electron chi connectivity index (χ4n) is 3.21. The largest absolute Gasteiger partial charge is 0.326 e. The Morgan fingerprint density at radius 2 is 2.06 bits per heavy atom. The number of hydrogen-bond acceptors (Lipinski definition) is 2. The van der Waals surface area contributed by atoms with Gasteiger partial charge in [-0.2, -0.15) is 0 Å². The van der Waals surface area contributed by atoms with Crippen molar-refractivity contribution in [1.82, 2.24) is 4.90 Å². The second kappa shape index (κ2) is 4.43. The third-order valence-corrected chi connectivity index (χ3v) is 4.32. The van der Waals surface area contributed by atoms with Crippen LogP contribution in [0.3, 0.4) is 0 Å². The van der Waals surface area contributed by atoms with Gasteiger partial charge in [0, 0.05) is 25.7 Å². The van der Waals surface area contributed by atoms with Crippen LogP contribution in [-0.2, 0) is 19.4 Å². The van der Waals surface area contributed by atoms with Gasteiger partial charge in [0.05, 0.1) is 0 Å². The summed E-state index contributed by atoms with van der Waals surface area (Å²) in [6, 6.07) is 7.41. The lowest BCUT2D eigenvalue weighted by Crippen LogP contribution is -2.28. The Hall–Kier alpha value is -0.860. The summed E-state index contributed by atoms with van der Waals surface area (Å²) in [5, 5.41) is 0. The van der Waals surface area contributed by atoms with Crippen molar-refractivity contribution < 1.29 is 0 Å². The smallest absolute Gasteiger partial charge is 0.0234 e. The molecule has 3 rings (SSSR count). The highest BCUT2D eigenvalue weighted by atomic mass is 15.2. The topological polar surface area (TPSA) is 29.3 Å². The van der Waals surface area contributed by atoms with Gasteiger partial charge in [-0.15, -0.1) is 0 Å². The van der Waals surface area contributed by atoms with Crippen molar-refractivity contribution in [3.05, 3.63) is 34.9 Å². The molecule has 0 saturated carbocycles. The third-order valence-electron chi connectivity index (χ3n) is 4.32. The first-order valence-electron chi connectivity index (χ1n) is 6.81. The summed E-state index contributed by atoms with van der Waals surface area (Å²) >= 11 is 0. The average molecular weight is 230 g/mol. The van der Waals surface area contributed by atoms with E-state index in [-0.39, 0.29) is 0 Å².